The molecule has 0 aromatic heterocycles. The number of carbonyl (C=O) groups is 1. The van der Waals surface area contributed by atoms with Crippen LogP contribution in [-0.2, 0) is 4.79 Å². The Kier molecular flexibility index (Phi) is 4.04. The molecule has 1 aromatic carbocycles. The number of carbonyl (C=O) groups excluding carboxylic acids is 1. The van der Waals surface area contributed by atoms with E-state index in [-0.39, 0.29) is 11.7 Å². The fraction of sp³-hybridized carbons (Fsp3) is 0.250. The maximum absolute atomic E-state index is 13.3. The Bertz CT molecular complexity index is 397. The van der Waals surface area contributed by atoms with Crippen molar-refractivity contribution in [2.24, 2.45) is 5.92 Å². The molecule has 1 rings (SSSR count). The van der Waals surface area contributed by atoms with Gasteiger partial charge in [-0.2, -0.15) is 0 Å². The standard InChI is InChI=1S/C12H12ClFO/c1-8(2)12(15)6-4-9-3-5-10(13)7-11(9)14/h3-8H,1-2H3/b6-4+. The molecule has 1 nitrogen and oxygen atoms in total. The van der Waals surface area contributed by atoms with Crippen LogP contribution < -0.4 is 0 Å². The SMILES string of the molecule is CC(C)C(=O)/C=C/c1ccc(Cl)cc1F. The van der Waals surface area contributed by atoms with E-state index in [4.69, 9.17) is 11.6 Å². The summed E-state index contributed by atoms with van der Waals surface area (Å²) in [6.45, 7) is 3.59. The Hall–Kier alpha value is -1.15. The van der Waals surface area contributed by atoms with Crippen LogP contribution >= 0.6 is 11.6 Å². The van der Waals surface area contributed by atoms with Crippen molar-refractivity contribution in [2.45, 2.75) is 13.8 Å². The quantitative estimate of drug-likeness (QED) is 0.718. The topological polar surface area (TPSA) is 17.1 Å². The van der Waals surface area contributed by atoms with Crippen molar-refractivity contribution in [1.29, 1.82) is 0 Å². The van der Waals surface area contributed by atoms with E-state index in [1.165, 1.54) is 18.2 Å². The highest BCUT2D eigenvalue weighted by Gasteiger charge is 2.03. The molecule has 0 aliphatic heterocycles. The summed E-state index contributed by atoms with van der Waals surface area (Å²) >= 11 is 5.60. The first-order valence-corrected chi connectivity index (χ1v) is 5.05. The lowest BCUT2D eigenvalue weighted by Crippen LogP contribution is -2.01. The van der Waals surface area contributed by atoms with Gasteiger partial charge in [0.25, 0.3) is 0 Å². The molecule has 0 atom stereocenters. The minimum Gasteiger partial charge on any atom is -0.295 e. The van der Waals surface area contributed by atoms with E-state index in [0.29, 0.717) is 10.6 Å². The van der Waals surface area contributed by atoms with Gasteiger partial charge >= 0.3 is 0 Å². The largest absolute Gasteiger partial charge is 0.295 e. The van der Waals surface area contributed by atoms with Crippen molar-refractivity contribution in [3.05, 3.63) is 40.7 Å². The zero-order valence-electron chi connectivity index (χ0n) is 8.63. The number of halogens is 2. The number of rotatable bonds is 3. The zero-order valence-corrected chi connectivity index (χ0v) is 9.38. The molecule has 0 unspecified atom stereocenters. The van der Waals surface area contributed by atoms with Gasteiger partial charge in [-0.25, -0.2) is 4.39 Å². The Morgan fingerprint density at radius 2 is 2.13 bits per heavy atom. The highest BCUT2D eigenvalue weighted by atomic mass is 35.5. The third-order valence-corrected chi connectivity index (χ3v) is 2.19. The first kappa shape index (κ1) is 11.9. The van der Waals surface area contributed by atoms with E-state index in [9.17, 15) is 9.18 Å². The molecule has 0 radical (unpaired) electrons. The number of ketones is 1. The second-order valence-electron chi connectivity index (χ2n) is 3.56. The van der Waals surface area contributed by atoms with Gasteiger partial charge in [-0.3, -0.25) is 4.79 Å². The zero-order chi connectivity index (χ0) is 11.4. The molecule has 0 N–H and O–H groups in total. The second-order valence-corrected chi connectivity index (χ2v) is 3.99. The second kappa shape index (κ2) is 5.08. The number of hydrogen-bond donors (Lipinski definition) is 0. The van der Waals surface area contributed by atoms with E-state index in [2.05, 4.69) is 0 Å². The fourth-order valence-electron chi connectivity index (χ4n) is 1.00. The van der Waals surface area contributed by atoms with Gasteiger partial charge in [0.1, 0.15) is 5.82 Å². The molecule has 1 aromatic rings. The minimum absolute atomic E-state index is 0.0237. The van der Waals surface area contributed by atoms with E-state index in [0.717, 1.165) is 0 Å². The van der Waals surface area contributed by atoms with Crippen LogP contribution in [0.15, 0.2) is 24.3 Å². The van der Waals surface area contributed by atoms with Crippen LogP contribution in [0.1, 0.15) is 19.4 Å². The summed E-state index contributed by atoms with van der Waals surface area (Å²) in [4.78, 5) is 11.3. The summed E-state index contributed by atoms with van der Waals surface area (Å²) in [5.41, 5.74) is 0.369. The summed E-state index contributed by atoms with van der Waals surface area (Å²) in [5.74, 6) is -0.517. The Balaban J connectivity index is 2.85. The highest BCUT2D eigenvalue weighted by molar-refractivity contribution is 6.30. The van der Waals surface area contributed by atoms with Gasteiger partial charge in [-0.15, -0.1) is 0 Å². The maximum Gasteiger partial charge on any atom is 0.158 e. The molecular weight excluding hydrogens is 215 g/mol. The van der Waals surface area contributed by atoms with Crippen LogP contribution in [0, 0.1) is 11.7 Å². The number of benzene rings is 1. The van der Waals surface area contributed by atoms with Crippen LogP contribution in [-0.4, -0.2) is 5.78 Å². The first-order valence-electron chi connectivity index (χ1n) is 4.67. The van der Waals surface area contributed by atoms with Crippen LogP contribution in [0.4, 0.5) is 4.39 Å². The van der Waals surface area contributed by atoms with E-state index < -0.39 is 5.82 Å². The Labute approximate surface area is 93.6 Å². The van der Waals surface area contributed by atoms with Gasteiger partial charge in [0, 0.05) is 16.5 Å². The molecular formula is C12H12ClFO. The number of hydrogen-bond acceptors (Lipinski definition) is 1. The molecule has 15 heavy (non-hydrogen) atoms. The predicted octanol–water partition coefficient (Wildman–Crippen LogP) is 3.72. The van der Waals surface area contributed by atoms with Crippen LogP contribution in [0.2, 0.25) is 5.02 Å². The van der Waals surface area contributed by atoms with Gasteiger partial charge < -0.3 is 0 Å². The van der Waals surface area contributed by atoms with Gasteiger partial charge in [0.05, 0.1) is 0 Å². The van der Waals surface area contributed by atoms with Gasteiger partial charge in [-0.1, -0.05) is 31.5 Å². The summed E-state index contributed by atoms with van der Waals surface area (Å²) in [6, 6.07) is 4.35. The summed E-state index contributed by atoms with van der Waals surface area (Å²) in [5, 5.41) is 0.347. The van der Waals surface area contributed by atoms with E-state index in [1.807, 2.05) is 0 Å². The summed E-state index contributed by atoms with van der Waals surface area (Å²) < 4.78 is 13.3. The highest BCUT2D eigenvalue weighted by Crippen LogP contribution is 2.15. The Morgan fingerprint density at radius 3 is 2.67 bits per heavy atom. The minimum atomic E-state index is -0.421. The normalized spacial score (nSPS) is 11.3. The molecule has 0 spiro atoms. The van der Waals surface area contributed by atoms with Crippen molar-refractivity contribution in [3.8, 4) is 0 Å². The molecule has 0 aliphatic rings. The van der Waals surface area contributed by atoms with Gasteiger partial charge in [0.2, 0.25) is 0 Å². The van der Waals surface area contributed by atoms with Crippen molar-refractivity contribution in [3.63, 3.8) is 0 Å². The summed E-state index contributed by atoms with van der Waals surface area (Å²) in [6.07, 6.45) is 2.85. The molecule has 0 bridgehead atoms. The lowest BCUT2D eigenvalue weighted by atomic mass is 10.1. The van der Waals surface area contributed by atoms with Crippen molar-refractivity contribution in [1.82, 2.24) is 0 Å². The first-order chi connectivity index (χ1) is 7.00. The molecule has 0 saturated carbocycles. The third-order valence-electron chi connectivity index (χ3n) is 1.96. The third kappa shape index (κ3) is 3.48. The summed E-state index contributed by atoms with van der Waals surface area (Å²) in [7, 11) is 0. The maximum atomic E-state index is 13.3. The fourth-order valence-corrected chi connectivity index (χ4v) is 1.16. The van der Waals surface area contributed by atoms with Gasteiger partial charge in [-0.05, 0) is 24.3 Å². The van der Waals surface area contributed by atoms with Crippen LogP contribution in [0.3, 0.4) is 0 Å². The van der Waals surface area contributed by atoms with E-state index in [1.54, 1.807) is 26.0 Å². The van der Waals surface area contributed by atoms with E-state index >= 15 is 0 Å². The van der Waals surface area contributed by atoms with Crippen molar-refractivity contribution in [2.75, 3.05) is 0 Å². The van der Waals surface area contributed by atoms with Crippen LogP contribution in [0.25, 0.3) is 6.08 Å². The van der Waals surface area contributed by atoms with Crippen molar-refractivity contribution < 1.29 is 9.18 Å². The lowest BCUT2D eigenvalue weighted by Gasteiger charge is -1.99. The van der Waals surface area contributed by atoms with Crippen molar-refractivity contribution >= 4 is 23.5 Å². The van der Waals surface area contributed by atoms with Crippen LogP contribution in [0.5, 0.6) is 0 Å². The predicted molar refractivity (Wildman–Crippen MR) is 60.3 cm³/mol. The molecule has 0 heterocycles. The molecule has 0 fully saturated rings. The monoisotopic (exact) mass is 226 g/mol. The smallest absolute Gasteiger partial charge is 0.158 e. The lowest BCUT2D eigenvalue weighted by molar-refractivity contribution is -0.117. The van der Waals surface area contributed by atoms with Gasteiger partial charge in [0.15, 0.2) is 5.78 Å². The Morgan fingerprint density at radius 1 is 1.47 bits per heavy atom. The number of allylic oxidation sites excluding steroid dienone is 1. The molecule has 80 valence electrons. The molecule has 0 saturated heterocycles. The average Bonchev–Trinajstić information content (AvgIpc) is 2.15. The molecule has 0 amide bonds. The average molecular weight is 227 g/mol. The molecule has 0 aliphatic carbocycles. The molecule has 3 heteroatoms.